The van der Waals surface area contributed by atoms with Gasteiger partial charge < -0.3 is 20.3 Å². The minimum atomic E-state index is -0.435. The molecular weight excluding hydrogens is 681 g/mol. The van der Waals surface area contributed by atoms with Crippen LogP contribution >= 0.6 is 33.9 Å². The van der Waals surface area contributed by atoms with Gasteiger partial charge in [-0.1, -0.05) is 67.5 Å². The Hall–Kier alpha value is -1.68. The van der Waals surface area contributed by atoms with Crippen LogP contribution in [0.2, 0.25) is 0 Å². The summed E-state index contributed by atoms with van der Waals surface area (Å²) in [5, 5.41) is 11.2. The highest BCUT2D eigenvalue weighted by Gasteiger charge is 2.37. The summed E-state index contributed by atoms with van der Waals surface area (Å²) in [4.78, 5) is 14.1. The predicted octanol–water partition coefficient (Wildman–Crippen LogP) is 9.52. The van der Waals surface area contributed by atoms with Crippen molar-refractivity contribution in [1.82, 2.24) is 0 Å². The first-order chi connectivity index (χ1) is 20.8. The topological polar surface area (TPSA) is 81.8 Å². The van der Waals surface area contributed by atoms with Gasteiger partial charge in [-0.3, -0.25) is 4.79 Å². The van der Waals surface area contributed by atoms with Gasteiger partial charge in [0.1, 0.15) is 5.75 Å². The Labute approximate surface area is 283 Å². The molecule has 0 bridgehead atoms. The van der Waals surface area contributed by atoms with Crippen LogP contribution in [0.5, 0.6) is 5.75 Å². The van der Waals surface area contributed by atoms with E-state index in [1.165, 1.54) is 50.9 Å². The zero-order valence-electron chi connectivity index (χ0n) is 27.7. The Balaban J connectivity index is 1.51. The lowest BCUT2D eigenvalue weighted by Crippen LogP contribution is -2.43. The number of carbonyl (C=O) groups excluding carboxylic acids is 1. The van der Waals surface area contributed by atoms with Gasteiger partial charge in [-0.25, -0.2) is 0 Å². The monoisotopic (exact) mass is 735 g/mol. The van der Waals surface area contributed by atoms with Crippen LogP contribution in [0.3, 0.4) is 0 Å². The lowest BCUT2D eigenvalue weighted by Gasteiger charge is -2.32. The molecule has 0 amide bonds. The summed E-state index contributed by atoms with van der Waals surface area (Å²) in [5.74, 6) is 0.424. The number of alkyl halides is 1. The summed E-state index contributed by atoms with van der Waals surface area (Å²) < 4.78 is 12.8. The van der Waals surface area contributed by atoms with Crippen molar-refractivity contribution < 1.29 is 19.4 Å². The number of fused-ring (bicyclic) bond motifs is 1. The van der Waals surface area contributed by atoms with Gasteiger partial charge in [-0.15, -0.1) is 11.3 Å². The van der Waals surface area contributed by atoms with E-state index >= 15 is 0 Å². The van der Waals surface area contributed by atoms with Crippen LogP contribution in [0.4, 0.5) is 0 Å². The molecule has 0 saturated carbocycles. The number of hydrogen-bond donors (Lipinski definition) is 2. The number of halogens is 1. The van der Waals surface area contributed by atoms with Crippen molar-refractivity contribution >= 4 is 50.0 Å². The minimum absolute atomic E-state index is 0.0299. The van der Waals surface area contributed by atoms with Crippen molar-refractivity contribution in [2.75, 3.05) is 19.8 Å². The lowest BCUT2D eigenvalue weighted by atomic mass is 9.84. The SMILES string of the molecule is CCCCCc1ccc(-c2cc3ccc(OCC(CO)CCCCOC(=O)C(CC(C)(C)N)C(C)(C)I)cc3s2)c(CC)c1. The summed E-state index contributed by atoms with van der Waals surface area (Å²) in [6.45, 7) is 13.4. The highest BCUT2D eigenvalue weighted by atomic mass is 127. The summed E-state index contributed by atoms with van der Waals surface area (Å²) in [5.41, 5.74) is 9.95. The summed E-state index contributed by atoms with van der Waals surface area (Å²) in [6, 6.07) is 15.6. The van der Waals surface area contributed by atoms with Crippen molar-refractivity contribution in [3.8, 4) is 16.2 Å². The van der Waals surface area contributed by atoms with Crippen LogP contribution in [0.25, 0.3) is 20.5 Å². The standard InChI is InChI=1S/C37H54INO4S/c1-7-9-10-13-26-15-18-31(28(8-2)20-26)34-21-29-16-17-30(22-33(29)44-34)43-25-27(24-40)14-11-12-19-42-35(41)32(37(5,6)38)23-36(3,4)39/h15-18,20-22,27,32,40H,7-14,19,23-25,39H2,1-6H3. The van der Waals surface area contributed by atoms with Crippen LogP contribution in [-0.4, -0.2) is 39.9 Å². The molecule has 3 rings (SSSR count). The normalized spacial score (nSPS) is 13.7. The summed E-state index contributed by atoms with van der Waals surface area (Å²) >= 11 is 4.12. The molecule has 5 nitrogen and oxygen atoms in total. The van der Waals surface area contributed by atoms with Crippen molar-refractivity contribution in [1.29, 1.82) is 0 Å². The second kappa shape index (κ2) is 17.3. The van der Waals surface area contributed by atoms with Gasteiger partial charge in [-0.2, -0.15) is 0 Å². The molecule has 0 aliphatic carbocycles. The second-order valence-corrected chi connectivity index (χ2v) is 17.3. The highest BCUT2D eigenvalue weighted by molar-refractivity contribution is 14.1. The molecule has 0 radical (unpaired) electrons. The van der Waals surface area contributed by atoms with Crippen LogP contribution in [-0.2, 0) is 22.4 Å². The maximum Gasteiger partial charge on any atom is 0.310 e. The largest absolute Gasteiger partial charge is 0.493 e. The Kier molecular flexibility index (Phi) is 14.5. The second-order valence-electron chi connectivity index (χ2n) is 13.4. The Morgan fingerprint density at radius 1 is 1.02 bits per heavy atom. The fourth-order valence-corrected chi connectivity index (χ4v) is 7.16. The number of rotatable bonds is 19. The molecule has 7 heteroatoms. The van der Waals surface area contributed by atoms with Crippen LogP contribution in [0, 0.1) is 11.8 Å². The van der Waals surface area contributed by atoms with Crippen molar-refractivity contribution in [3.05, 3.63) is 53.6 Å². The summed E-state index contributed by atoms with van der Waals surface area (Å²) in [7, 11) is 0. The number of benzene rings is 2. The first-order valence-corrected chi connectivity index (χ1v) is 18.3. The van der Waals surface area contributed by atoms with Crippen molar-refractivity contribution in [2.24, 2.45) is 17.6 Å². The smallest absolute Gasteiger partial charge is 0.310 e. The van der Waals surface area contributed by atoms with E-state index < -0.39 is 5.54 Å². The average molecular weight is 736 g/mol. The van der Waals surface area contributed by atoms with Gasteiger partial charge in [0.15, 0.2) is 0 Å². The van der Waals surface area contributed by atoms with E-state index in [9.17, 15) is 9.90 Å². The van der Waals surface area contributed by atoms with Gasteiger partial charge in [0.2, 0.25) is 0 Å². The van der Waals surface area contributed by atoms with Gasteiger partial charge in [-0.05, 0) is 119 Å². The number of hydrogen-bond acceptors (Lipinski definition) is 6. The maximum absolute atomic E-state index is 12.8. The number of carbonyl (C=O) groups is 1. The lowest BCUT2D eigenvalue weighted by molar-refractivity contribution is -0.150. The Morgan fingerprint density at radius 3 is 2.45 bits per heavy atom. The third-order valence-corrected chi connectivity index (χ3v) is 10.1. The number of nitrogens with two attached hydrogens (primary N) is 1. The molecule has 0 spiro atoms. The zero-order valence-corrected chi connectivity index (χ0v) is 30.7. The number of unbranched alkanes of at least 4 members (excludes halogenated alkanes) is 3. The fraction of sp³-hybridized carbons (Fsp3) is 0.595. The first kappa shape index (κ1) is 36.8. The Bertz CT molecular complexity index is 1320. The fourth-order valence-electron chi connectivity index (χ4n) is 5.53. The van der Waals surface area contributed by atoms with E-state index in [0.717, 1.165) is 37.9 Å². The number of thiophene rings is 1. The minimum Gasteiger partial charge on any atom is -0.493 e. The van der Waals surface area contributed by atoms with Crippen LogP contribution in [0.15, 0.2) is 42.5 Å². The van der Waals surface area contributed by atoms with E-state index in [4.69, 9.17) is 15.2 Å². The molecule has 2 unspecified atom stereocenters. The molecule has 3 N–H and O–H groups in total. The van der Waals surface area contributed by atoms with Crippen molar-refractivity contribution in [3.63, 3.8) is 0 Å². The zero-order chi connectivity index (χ0) is 32.3. The molecule has 0 fully saturated rings. The van der Waals surface area contributed by atoms with Crippen LogP contribution in [0.1, 0.15) is 97.6 Å². The third-order valence-electron chi connectivity index (χ3n) is 8.21. The van der Waals surface area contributed by atoms with Gasteiger partial charge in [0.05, 0.1) is 19.1 Å². The predicted molar refractivity (Wildman–Crippen MR) is 195 cm³/mol. The van der Waals surface area contributed by atoms with Gasteiger partial charge in [0.25, 0.3) is 0 Å². The number of aliphatic hydroxyl groups is 1. The van der Waals surface area contributed by atoms with Gasteiger partial charge in [0, 0.05) is 31.1 Å². The number of esters is 1. The van der Waals surface area contributed by atoms with Crippen molar-refractivity contribution in [2.45, 2.75) is 108 Å². The van der Waals surface area contributed by atoms with E-state index in [1.54, 1.807) is 0 Å². The third kappa shape index (κ3) is 11.6. The van der Waals surface area contributed by atoms with E-state index in [2.05, 4.69) is 72.8 Å². The van der Waals surface area contributed by atoms with Gasteiger partial charge >= 0.3 is 5.97 Å². The van der Waals surface area contributed by atoms with Crippen LogP contribution < -0.4 is 10.5 Å². The molecular formula is C37H54INO4S. The highest BCUT2D eigenvalue weighted by Crippen LogP contribution is 2.38. The molecule has 0 aliphatic rings. The first-order valence-electron chi connectivity index (χ1n) is 16.4. The number of aliphatic hydroxyl groups excluding tert-OH is 1. The van der Waals surface area contributed by atoms with E-state index in [1.807, 2.05) is 45.1 Å². The molecule has 2 atom stereocenters. The average Bonchev–Trinajstić information content (AvgIpc) is 3.39. The van der Waals surface area contributed by atoms with E-state index in [0.29, 0.717) is 19.6 Å². The molecule has 1 aromatic heterocycles. The maximum atomic E-state index is 12.8. The number of aryl methyl sites for hydroxylation is 2. The number of ether oxygens (including phenoxy) is 2. The molecule has 1 heterocycles. The molecule has 0 aliphatic heterocycles. The molecule has 2 aromatic carbocycles. The molecule has 0 saturated heterocycles. The molecule has 3 aromatic rings. The molecule has 244 valence electrons. The van der Waals surface area contributed by atoms with E-state index in [-0.39, 0.29) is 27.8 Å². The Morgan fingerprint density at radius 2 is 1.80 bits per heavy atom. The quantitative estimate of drug-likeness (QED) is 0.0555. The summed E-state index contributed by atoms with van der Waals surface area (Å²) in [6.07, 6.45) is 8.96. The molecule has 44 heavy (non-hydrogen) atoms.